The molecule has 0 radical (unpaired) electrons. The normalized spacial score (nSPS) is 20.2. The molecule has 106 valence electrons. The van der Waals surface area contributed by atoms with Crippen LogP contribution in [0.15, 0.2) is 24.7 Å². The monoisotopic (exact) mass is 271 g/mol. The molecule has 1 saturated heterocycles. The molecule has 20 heavy (non-hydrogen) atoms. The summed E-state index contributed by atoms with van der Waals surface area (Å²) >= 11 is 0. The lowest BCUT2D eigenvalue weighted by atomic mass is 9.94. The van der Waals surface area contributed by atoms with Gasteiger partial charge in [0.1, 0.15) is 5.69 Å². The van der Waals surface area contributed by atoms with Gasteiger partial charge in [0.15, 0.2) is 0 Å². The van der Waals surface area contributed by atoms with Gasteiger partial charge in [-0.3, -0.25) is 9.67 Å². The summed E-state index contributed by atoms with van der Waals surface area (Å²) in [5.74, 6) is 0.699. The molecule has 0 aliphatic carbocycles. The van der Waals surface area contributed by atoms with E-state index in [0.29, 0.717) is 5.92 Å². The Morgan fingerprint density at radius 3 is 2.95 bits per heavy atom. The van der Waals surface area contributed by atoms with Crippen LogP contribution in [0.5, 0.6) is 0 Å². The van der Waals surface area contributed by atoms with Crippen molar-refractivity contribution in [3.8, 4) is 11.4 Å². The minimum absolute atomic E-state index is 0.699. The first-order valence-corrected chi connectivity index (χ1v) is 7.20. The van der Waals surface area contributed by atoms with Gasteiger partial charge in [0.2, 0.25) is 0 Å². The molecule has 0 aromatic carbocycles. The summed E-state index contributed by atoms with van der Waals surface area (Å²) in [6.45, 7) is 2.38. The van der Waals surface area contributed by atoms with Gasteiger partial charge < -0.3 is 4.90 Å². The molecular weight excluding hydrogens is 250 g/mol. The van der Waals surface area contributed by atoms with Crippen molar-refractivity contribution in [1.29, 1.82) is 0 Å². The Labute approximate surface area is 119 Å². The highest BCUT2D eigenvalue weighted by atomic mass is 15.3. The van der Waals surface area contributed by atoms with Gasteiger partial charge in [0.05, 0.1) is 17.6 Å². The van der Waals surface area contributed by atoms with Gasteiger partial charge in [-0.2, -0.15) is 5.10 Å². The van der Waals surface area contributed by atoms with Crippen molar-refractivity contribution in [3.63, 3.8) is 0 Å². The van der Waals surface area contributed by atoms with Gasteiger partial charge in [0, 0.05) is 26.0 Å². The number of nitrogens with zero attached hydrogens (tertiary/aromatic N) is 5. The number of likely N-dealkylation sites (tertiary alicyclic amines) is 1. The third-order valence-electron chi connectivity index (χ3n) is 3.99. The van der Waals surface area contributed by atoms with Crippen molar-refractivity contribution in [2.24, 2.45) is 13.0 Å². The predicted octanol–water partition coefficient (Wildman–Crippen LogP) is 1.76. The number of rotatable bonds is 3. The first kappa shape index (κ1) is 13.2. The SMILES string of the molecule is CN1CCCC(Cc2cncc(-c3ccnn3C)n2)C1. The van der Waals surface area contributed by atoms with Crippen LogP contribution in [0.1, 0.15) is 18.5 Å². The first-order chi connectivity index (χ1) is 9.72. The molecule has 0 N–H and O–H groups in total. The average molecular weight is 271 g/mol. The molecule has 1 aliphatic rings. The lowest BCUT2D eigenvalue weighted by Gasteiger charge is -2.29. The van der Waals surface area contributed by atoms with Crippen molar-refractivity contribution in [1.82, 2.24) is 24.6 Å². The zero-order valence-electron chi connectivity index (χ0n) is 12.2. The van der Waals surface area contributed by atoms with Crippen molar-refractivity contribution >= 4 is 0 Å². The van der Waals surface area contributed by atoms with Crippen molar-refractivity contribution in [3.05, 3.63) is 30.4 Å². The maximum atomic E-state index is 4.75. The van der Waals surface area contributed by atoms with Crippen molar-refractivity contribution < 1.29 is 0 Å². The van der Waals surface area contributed by atoms with Crippen LogP contribution in [-0.2, 0) is 13.5 Å². The maximum absolute atomic E-state index is 4.75. The zero-order valence-corrected chi connectivity index (χ0v) is 12.2. The first-order valence-electron chi connectivity index (χ1n) is 7.20. The number of hydrogen-bond donors (Lipinski definition) is 0. The summed E-state index contributed by atoms with van der Waals surface area (Å²) < 4.78 is 1.84. The Kier molecular flexibility index (Phi) is 3.78. The average Bonchev–Trinajstić information content (AvgIpc) is 2.85. The molecule has 0 amide bonds. The molecule has 1 unspecified atom stereocenters. The van der Waals surface area contributed by atoms with E-state index >= 15 is 0 Å². The van der Waals surface area contributed by atoms with Crippen molar-refractivity contribution in [2.75, 3.05) is 20.1 Å². The van der Waals surface area contributed by atoms with Gasteiger partial charge >= 0.3 is 0 Å². The van der Waals surface area contributed by atoms with Crippen molar-refractivity contribution in [2.45, 2.75) is 19.3 Å². The predicted molar refractivity (Wildman–Crippen MR) is 78.2 cm³/mol. The maximum Gasteiger partial charge on any atom is 0.107 e. The number of piperidine rings is 1. The fourth-order valence-corrected chi connectivity index (χ4v) is 2.99. The van der Waals surface area contributed by atoms with E-state index in [4.69, 9.17) is 4.98 Å². The van der Waals surface area contributed by atoms with Gasteiger partial charge in [-0.1, -0.05) is 0 Å². The number of aryl methyl sites for hydroxylation is 1. The lowest BCUT2D eigenvalue weighted by molar-refractivity contribution is 0.208. The second-order valence-corrected chi connectivity index (χ2v) is 5.71. The summed E-state index contributed by atoms with van der Waals surface area (Å²) in [5.41, 5.74) is 3.01. The van der Waals surface area contributed by atoms with Crippen LogP contribution in [0.3, 0.4) is 0 Å². The molecule has 1 aliphatic heterocycles. The zero-order chi connectivity index (χ0) is 13.9. The van der Waals surface area contributed by atoms with Crippen LogP contribution in [0.4, 0.5) is 0 Å². The van der Waals surface area contributed by atoms with E-state index < -0.39 is 0 Å². The molecule has 2 aromatic heterocycles. The van der Waals surface area contributed by atoms with Gasteiger partial charge in [-0.15, -0.1) is 0 Å². The minimum atomic E-state index is 0.699. The van der Waals surface area contributed by atoms with Crippen LogP contribution in [-0.4, -0.2) is 44.8 Å². The molecule has 5 nitrogen and oxygen atoms in total. The summed E-state index contributed by atoms with van der Waals surface area (Å²) in [4.78, 5) is 11.5. The highest BCUT2D eigenvalue weighted by Gasteiger charge is 2.18. The minimum Gasteiger partial charge on any atom is -0.306 e. The summed E-state index contributed by atoms with van der Waals surface area (Å²) in [5, 5.41) is 4.19. The van der Waals surface area contributed by atoms with E-state index in [0.717, 1.165) is 30.0 Å². The molecule has 1 atom stereocenters. The smallest absolute Gasteiger partial charge is 0.107 e. The molecule has 0 saturated carbocycles. The molecule has 0 spiro atoms. The Bertz CT molecular complexity index is 577. The largest absolute Gasteiger partial charge is 0.306 e. The summed E-state index contributed by atoms with van der Waals surface area (Å²) in [6.07, 6.45) is 9.10. The van der Waals surface area contributed by atoms with E-state index in [2.05, 4.69) is 22.0 Å². The summed E-state index contributed by atoms with van der Waals surface area (Å²) in [6, 6.07) is 1.97. The molecule has 2 aromatic rings. The summed E-state index contributed by atoms with van der Waals surface area (Å²) in [7, 11) is 4.13. The second kappa shape index (κ2) is 5.71. The molecule has 3 rings (SSSR count). The van der Waals surface area contributed by atoms with Gasteiger partial charge in [-0.05, 0) is 44.8 Å². The Morgan fingerprint density at radius 2 is 2.20 bits per heavy atom. The van der Waals surface area contributed by atoms with E-state index in [1.807, 2.05) is 30.2 Å². The lowest BCUT2D eigenvalue weighted by Crippen LogP contribution is -2.33. The Balaban J connectivity index is 1.76. The second-order valence-electron chi connectivity index (χ2n) is 5.71. The Hall–Kier alpha value is -1.75. The van der Waals surface area contributed by atoms with E-state index in [-0.39, 0.29) is 0 Å². The van der Waals surface area contributed by atoms with E-state index in [1.54, 1.807) is 6.20 Å². The molecule has 5 heteroatoms. The van der Waals surface area contributed by atoms with Crippen LogP contribution < -0.4 is 0 Å². The third-order valence-corrected chi connectivity index (χ3v) is 3.99. The third kappa shape index (κ3) is 2.88. The van der Waals surface area contributed by atoms with Gasteiger partial charge in [0.25, 0.3) is 0 Å². The molecule has 1 fully saturated rings. The van der Waals surface area contributed by atoms with Crippen LogP contribution in [0.25, 0.3) is 11.4 Å². The molecule has 3 heterocycles. The van der Waals surface area contributed by atoms with Crippen LogP contribution >= 0.6 is 0 Å². The standard InChI is InChI=1S/C15H21N5/c1-19-7-3-4-12(11-19)8-13-9-16-10-14(18-13)15-5-6-17-20(15)2/h5-6,9-10,12H,3-4,7-8,11H2,1-2H3. The fraction of sp³-hybridized carbons (Fsp3) is 0.533. The number of hydrogen-bond acceptors (Lipinski definition) is 4. The number of aromatic nitrogens is 4. The topological polar surface area (TPSA) is 46.8 Å². The molecule has 0 bridgehead atoms. The molecular formula is C15H21N5. The van der Waals surface area contributed by atoms with Crippen LogP contribution in [0, 0.1) is 5.92 Å². The van der Waals surface area contributed by atoms with Gasteiger partial charge in [-0.25, -0.2) is 4.98 Å². The van der Waals surface area contributed by atoms with E-state index in [1.165, 1.54) is 19.4 Å². The highest BCUT2D eigenvalue weighted by Crippen LogP contribution is 2.20. The van der Waals surface area contributed by atoms with Crippen LogP contribution in [0.2, 0.25) is 0 Å². The fourth-order valence-electron chi connectivity index (χ4n) is 2.99. The highest BCUT2D eigenvalue weighted by molar-refractivity contribution is 5.52. The Morgan fingerprint density at radius 1 is 1.30 bits per heavy atom. The van der Waals surface area contributed by atoms with E-state index in [9.17, 15) is 0 Å². The quantitative estimate of drug-likeness (QED) is 0.853.